The highest BCUT2D eigenvalue weighted by molar-refractivity contribution is 6.51. The number of carbonyl (C=O) groups excluding carboxylic acids is 2. The van der Waals surface area contributed by atoms with E-state index in [-0.39, 0.29) is 28.2 Å². The van der Waals surface area contributed by atoms with Gasteiger partial charge in [-0.3, -0.25) is 14.5 Å². The van der Waals surface area contributed by atoms with Crippen LogP contribution in [0.3, 0.4) is 0 Å². The highest BCUT2D eigenvalue weighted by Gasteiger charge is 2.47. The number of ketones is 1. The third-order valence-electron chi connectivity index (χ3n) is 6.06. The summed E-state index contributed by atoms with van der Waals surface area (Å²) in [6.07, 6.45) is 0. The van der Waals surface area contributed by atoms with Crippen molar-refractivity contribution in [1.29, 1.82) is 0 Å². The maximum atomic E-state index is 13.3. The summed E-state index contributed by atoms with van der Waals surface area (Å²) in [6, 6.07) is 19.7. The van der Waals surface area contributed by atoms with E-state index >= 15 is 0 Å². The number of aliphatic hydroxyl groups is 1. The topological polar surface area (TPSA) is 87.1 Å². The van der Waals surface area contributed by atoms with Crippen LogP contribution < -0.4 is 9.64 Å². The van der Waals surface area contributed by atoms with Crippen molar-refractivity contribution in [2.24, 2.45) is 0 Å². The highest BCUT2D eigenvalue weighted by atomic mass is 16.5. The Kier molecular flexibility index (Phi) is 6.39. The minimum absolute atomic E-state index is 0.0338. The lowest BCUT2D eigenvalue weighted by molar-refractivity contribution is -0.132. The summed E-state index contributed by atoms with van der Waals surface area (Å²) in [5.74, 6) is -1.34. The standard InChI is InChI=1S/C29H29NO5/c1-5-35-23-16-15-19(17-20(23)29(2,3)4)26(32)24-25(18-11-7-6-8-12-18)30(28(34)27(24)33)21-13-9-10-14-22(21)31/h6-17,25,31-32H,5H2,1-4H3/b26-24-. The molecule has 1 saturated heterocycles. The Bertz CT molecular complexity index is 1300. The molecule has 0 aliphatic carbocycles. The van der Waals surface area contributed by atoms with E-state index in [1.165, 1.54) is 11.0 Å². The van der Waals surface area contributed by atoms with Gasteiger partial charge in [-0.2, -0.15) is 0 Å². The van der Waals surface area contributed by atoms with E-state index in [4.69, 9.17) is 4.74 Å². The van der Waals surface area contributed by atoms with Gasteiger partial charge >= 0.3 is 0 Å². The molecule has 1 atom stereocenters. The van der Waals surface area contributed by atoms with Gasteiger partial charge in [-0.25, -0.2) is 0 Å². The van der Waals surface area contributed by atoms with Gasteiger partial charge in [0.15, 0.2) is 0 Å². The van der Waals surface area contributed by atoms with Gasteiger partial charge in [-0.1, -0.05) is 63.2 Å². The average Bonchev–Trinajstić information content (AvgIpc) is 3.09. The molecule has 1 unspecified atom stereocenters. The van der Waals surface area contributed by atoms with Crippen LogP contribution in [0.15, 0.2) is 78.4 Å². The van der Waals surface area contributed by atoms with Crippen molar-refractivity contribution in [1.82, 2.24) is 0 Å². The van der Waals surface area contributed by atoms with Gasteiger partial charge in [0.1, 0.15) is 17.3 Å². The van der Waals surface area contributed by atoms with Crippen molar-refractivity contribution < 1.29 is 24.5 Å². The van der Waals surface area contributed by atoms with Crippen LogP contribution in [0.4, 0.5) is 5.69 Å². The van der Waals surface area contributed by atoms with Crippen molar-refractivity contribution in [3.63, 3.8) is 0 Å². The minimum Gasteiger partial charge on any atom is -0.507 e. The molecule has 1 aliphatic rings. The maximum absolute atomic E-state index is 13.3. The molecule has 35 heavy (non-hydrogen) atoms. The van der Waals surface area contributed by atoms with Crippen molar-refractivity contribution in [2.45, 2.75) is 39.2 Å². The molecule has 0 saturated carbocycles. The number of hydrogen-bond acceptors (Lipinski definition) is 5. The predicted molar refractivity (Wildman–Crippen MR) is 136 cm³/mol. The minimum atomic E-state index is -0.908. The van der Waals surface area contributed by atoms with Crippen LogP contribution in [0.1, 0.15) is 50.4 Å². The molecule has 0 radical (unpaired) electrons. The Balaban J connectivity index is 1.95. The van der Waals surface area contributed by atoms with Crippen LogP contribution in [-0.2, 0) is 15.0 Å². The number of nitrogens with zero attached hydrogens (tertiary/aromatic N) is 1. The van der Waals surface area contributed by atoms with Crippen LogP contribution in [-0.4, -0.2) is 28.5 Å². The van der Waals surface area contributed by atoms with E-state index in [2.05, 4.69) is 0 Å². The monoisotopic (exact) mass is 471 g/mol. The molecule has 6 nitrogen and oxygen atoms in total. The van der Waals surface area contributed by atoms with Crippen LogP contribution in [0.5, 0.6) is 11.5 Å². The average molecular weight is 472 g/mol. The number of phenols is 1. The second kappa shape index (κ2) is 9.29. The molecular weight excluding hydrogens is 442 g/mol. The molecule has 180 valence electrons. The van der Waals surface area contributed by atoms with E-state index < -0.39 is 17.7 Å². The number of para-hydroxylation sites is 2. The van der Waals surface area contributed by atoms with Crippen molar-refractivity contribution in [3.8, 4) is 11.5 Å². The zero-order valence-corrected chi connectivity index (χ0v) is 20.3. The Morgan fingerprint density at radius 2 is 1.63 bits per heavy atom. The molecule has 1 amide bonds. The molecule has 6 heteroatoms. The third-order valence-corrected chi connectivity index (χ3v) is 6.06. The largest absolute Gasteiger partial charge is 0.507 e. The number of ether oxygens (including phenoxy) is 1. The number of anilines is 1. The van der Waals surface area contributed by atoms with Gasteiger partial charge in [0, 0.05) is 11.1 Å². The molecule has 1 heterocycles. The van der Waals surface area contributed by atoms with Crippen molar-refractivity contribution >= 4 is 23.1 Å². The van der Waals surface area contributed by atoms with Crippen LogP contribution in [0.2, 0.25) is 0 Å². The molecule has 0 aromatic heterocycles. The van der Waals surface area contributed by atoms with E-state index in [9.17, 15) is 19.8 Å². The predicted octanol–water partition coefficient (Wildman–Crippen LogP) is 5.71. The normalized spacial score (nSPS) is 17.6. The van der Waals surface area contributed by atoms with E-state index in [1.807, 2.05) is 33.8 Å². The summed E-state index contributed by atoms with van der Waals surface area (Å²) in [5, 5.41) is 22.0. The number of amides is 1. The summed E-state index contributed by atoms with van der Waals surface area (Å²) in [4.78, 5) is 27.8. The van der Waals surface area contributed by atoms with Gasteiger partial charge in [-0.05, 0) is 48.2 Å². The summed E-state index contributed by atoms with van der Waals surface area (Å²) < 4.78 is 5.79. The Morgan fingerprint density at radius 1 is 0.971 bits per heavy atom. The molecule has 1 aliphatic heterocycles. The first-order chi connectivity index (χ1) is 16.6. The quantitative estimate of drug-likeness (QED) is 0.283. The Hall–Kier alpha value is -4.06. The highest BCUT2D eigenvalue weighted by Crippen LogP contribution is 2.45. The molecule has 2 N–H and O–H groups in total. The first kappa shape index (κ1) is 24.1. The molecular formula is C29H29NO5. The Morgan fingerprint density at radius 3 is 2.26 bits per heavy atom. The van der Waals surface area contributed by atoms with Crippen molar-refractivity contribution in [3.05, 3.63) is 95.1 Å². The van der Waals surface area contributed by atoms with Gasteiger partial charge < -0.3 is 14.9 Å². The fourth-order valence-corrected chi connectivity index (χ4v) is 4.40. The van der Waals surface area contributed by atoms with Crippen LogP contribution in [0, 0.1) is 0 Å². The third kappa shape index (κ3) is 4.39. The zero-order valence-electron chi connectivity index (χ0n) is 20.3. The second-order valence-electron chi connectivity index (χ2n) is 9.46. The smallest absolute Gasteiger partial charge is 0.300 e. The van der Waals surface area contributed by atoms with Gasteiger partial charge in [0.05, 0.1) is 23.9 Å². The lowest BCUT2D eigenvalue weighted by Gasteiger charge is -2.26. The van der Waals surface area contributed by atoms with E-state index in [0.717, 1.165) is 5.56 Å². The first-order valence-electron chi connectivity index (χ1n) is 11.6. The summed E-state index contributed by atoms with van der Waals surface area (Å²) >= 11 is 0. The molecule has 4 rings (SSSR count). The number of hydrogen-bond donors (Lipinski definition) is 2. The van der Waals surface area contributed by atoms with Gasteiger partial charge in [0.2, 0.25) is 0 Å². The Labute approximate surface area is 205 Å². The number of aromatic hydroxyl groups is 1. The molecule has 0 spiro atoms. The number of aliphatic hydroxyl groups excluding tert-OH is 1. The van der Waals surface area contributed by atoms with Gasteiger partial charge in [-0.15, -0.1) is 0 Å². The summed E-state index contributed by atoms with van der Waals surface area (Å²) in [5.41, 5.74) is 1.79. The zero-order chi connectivity index (χ0) is 25.3. The van der Waals surface area contributed by atoms with Crippen LogP contribution >= 0.6 is 0 Å². The SMILES string of the molecule is CCOc1ccc(/C(O)=C2/C(=O)C(=O)N(c3ccccc3O)C2c2ccccc2)cc1C(C)(C)C. The summed E-state index contributed by atoms with van der Waals surface area (Å²) in [6.45, 7) is 8.51. The number of benzene rings is 3. The summed E-state index contributed by atoms with van der Waals surface area (Å²) in [7, 11) is 0. The second-order valence-corrected chi connectivity index (χ2v) is 9.46. The van der Waals surface area contributed by atoms with Crippen LogP contribution in [0.25, 0.3) is 5.76 Å². The lowest BCUT2D eigenvalue weighted by Crippen LogP contribution is -2.29. The number of carbonyl (C=O) groups is 2. The number of Topliss-reactive ketones (excluding diaryl/α,β-unsaturated/α-hetero) is 1. The fourth-order valence-electron chi connectivity index (χ4n) is 4.40. The van der Waals surface area contributed by atoms with Gasteiger partial charge in [0.25, 0.3) is 11.7 Å². The fraction of sp³-hybridized carbons (Fsp3) is 0.241. The maximum Gasteiger partial charge on any atom is 0.300 e. The first-order valence-corrected chi connectivity index (χ1v) is 11.6. The molecule has 3 aromatic carbocycles. The molecule has 0 bridgehead atoms. The lowest BCUT2D eigenvalue weighted by atomic mass is 9.84. The van der Waals surface area contributed by atoms with Crippen molar-refractivity contribution in [2.75, 3.05) is 11.5 Å². The van der Waals surface area contributed by atoms with E-state index in [1.54, 1.807) is 60.7 Å². The molecule has 1 fully saturated rings. The molecule has 3 aromatic rings. The van der Waals surface area contributed by atoms with E-state index in [0.29, 0.717) is 23.5 Å². The number of phenolic OH excluding ortho intramolecular Hbond substituents is 1. The number of rotatable bonds is 5.